The lowest BCUT2D eigenvalue weighted by atomic mass is 9.92. The van der Waals surface area contributed by atoms with Gasteiger partial charge in [-0.2, -0.15) is 0 Å². The topological polar surface area (TPSA) is 75.4 Å². The lowest BCUT2D eigenvalue weighted by Gasteiger charge is -2.37. The van der Waals surface area contributed by atoms with Gasteiger partial charge in [-0.15, -0.1) is 0 Å². The minimum absolute atomic E-state index is 0.0440. The second-order valence-corrected chi connectivity index (χ2v) is 6.41. The Balaban J connectivity index is 2.27. The fraction of sp³-hybridized carbons (Fsp3) is 0.556. The van der Waals surface area contributed by atoms with Crippen molar-refractivity contribution in [3.63, 3.8) is 0 Å². The molecule has 5 heteroatoms. The maximum Gasteiger partial charge on any atom is 0.243 e. The van der Waals surface area contributed by atoms with Crippen LogP contribution in [0.1, 0.15) is 38.3 Å². The number of hydrogen-bond donors (Lipinski definition) is 2. The Bertz CT molecular complexity index is 573. The van der Waals surface area contributed by atoms with Crippen molar-refractivity contribution in [2.45, 2.75) is 52.2 Å². The molecule has 0 bridgehead atoms. The van der Waals surface area contributed by atoms with E-state index in [-0.39, 0.29) is 23.8 Å². The van der Waals surface area contributed by atoms with Crippen molar-refractivity contribution in [1.29, 1.82) is 0 Å². The lowest BCUT2D eigenvalue weighted by Crippen LogP contribution is -2.55. The molecule has 1 aliphatic rings. The van der Waals surface area contributed by atoms with Gasteiger partial charge in [0, 0.05) is 31.5 Å². The van der Waals surface area contributed by atoms with Crippen LogP contribution in [0.3, 0.4) is 0 Å². The molecule has 2 rings (SSSR count). The number of rotatable bonds is 5. The van der Waals surface area contributed by atoms with Crippen molar-refractivity contribution in [2.24, 2.45) is 11.7 Å². The highest BCUT2D eigenvalue weighted by molar-refractivity contribution is 5.89. The average Bonchev–Trinajstić information content (AvgIpc) is 2.58. The minimum Gasteiger partial charge on any atom is -0.351 e. The zero-order valence-corrected chi connectivity index (χ0v) is 14.2. The molecule has 2 unspecified atom stereocenters. The van der Waals surface area contributed by atoms with Gasteiger partial charge in [0.1, 0.15) is 6.04 Å². The molecule has 23 heavy (non-hydrogen) atoms. The fourth-order valence-electron chi connectivity index (χ4n) is 2.84. The monoisotopic (exact) mass is 317 g/mol. The van der Waals surface area contributed by atoms with Crippen molar-refractivity contribution >= 4 is 11.8 Å². The smallest absolute Gasteiger partial charge is 0.243 e. The van der Waals surface area contributed by atoms with E-state index >= 15 is 0 Å². The molecule has 1 heterocycles. The van der Waals surface area contributed by atoms with Gasteiger partial charge in [-0.25, -0.2) is 0 Å². The number of hydrogen-bond acceptors (Lipinski definition) is 3. The van der Waals surface area contributed by atoms with E-state index < -0.39 is 6.04 Å². The molecule has 1 aliphatic heterocycles. The summed E-state index contributed by atoms with van der Waals surface area (Å²) in [7, 11) is 0. The third-order valence-corrected chi connectivity index (χ3v) is 4.61. The van der Waals surface area contributed by atoms with Crippen LogP contribution < -0.4 is 11.1 Å². The van der Waals surface area contributed by atoms with Crippen LogP contribution in [0.2, 0.25) is 0 Å². The Morgan fingerprint density at radius 2 is 1.96 bits per heavy atom. The largest absolute Gasteiger partial charge is 0.351 e. The van der Waals surface area contributed by atoms with Crippen LogP contribution in [0.5, 0.6) is 0 Å². The number of amides is 2. The summed E-state index contributed by atoms with van der Waals surface area (Å²) in [6.07, 6.45) is 1.33. The van der Waals surface area contributed by atoms with E-state index in [1.165, 1.54) is 0 Å². The van der Waals surface area contributed by atoms with Gasteiger partial charge in [-0.05, 0) is 24.5 Å². The Hall–Kier alpha value is -1.88. The summed E-state index contributed by atoms with van der Waals surface area (Å²) in [6, 6.07) is 7.46. The Morgan fingerprint density at radius 1 is 1.30 bits per heavy atom. The van der Waals surface area contributed by atoms with Gasteiger partial charge in [-0.1, -0.05) is 38.1 Å². The zero-order valence-electron chi connectivity index (χ0n) is 14.2. The summed E-state index contributed by atoms with van der Waals surface area (Å²) in [5, 5.41) is 2.91. The van der Waals surface area contributed by atoms with E-state index in [2.05, 4.69) is 5.32 Å². The van der Waals surface area contributed by atoms with E-state index in [4.69, 9.17) is 5.73 Å². The third kappa shape index (κ3) is 3.91. The zero-order chi connectivity index (χ0) is 17.0. The summed E-state index contributed by atoms with van der Waals surface area (Å²) >= 11 is 0. The Morgan fingerprint density at radius 3 is 2.57 bits per heavy atom. The van der Waals surface area contributed by atoms with Crippen LogP contribution in [-0.2, 0) is 22.6 Å². The van der Waals surface area contributed by atoms with Gasteiger partial charge in [-0.3, -0.25) is 9.59 Å². The van der Waals surface area contributed by atoms with Crippen molar-refractivity contribution in [3.05, 3.63) is 35.4 Å². The number of benzene rings is 1. The summed E-state index contributed by atoms with van der Waals surface area (Å²) in [4.78, 5) is 27.1. The molecule has 2 amide bonds. The first-order chi connectivity index (χ1) is 11.0. The summed E-state index contributed by atoms with van der Waals surface area (Å²) in [6.45, 7) is 6.66. The molecule has 3 N–H and O–H groups in total. The SMILES string of the molecule is CCC(C)C(=O)N1Cc2ccccc2CC1C(=O)N[C@@H](C)CN. The number of carbonyl (C=O) groups is 2. The van der Waals surface area contributed by atoms with Crippen LogP contribution >= 0.6 is 0 Å². The summed E-state index contributed by atoms with van der Waals surface area (Å²) in [5.74, 6) is -0.154. The predicted octanol–water partition coefficient (Wildman–Crippen LogP) is 1.45. The molecule has 0 radical (unpaired) electrons. The molecule has 0 saturated heterocycles. The summed E-state index contributed by atoms with van der Waals surface area (Å²) < 4.78 is 0. The molecule has 0 fully saturated rings. The van der Waals surface area contributed by atoms with E-state index in [9.17, 15) is 9.59 Å². The van der Waals surface area contributed by atoms with Gasteiger partial charge in [0.25, 0.3) is 0 Å². The first kappa shape index (κ1) is 17.5. The van der Waals surface area contributed by atoms with Crippen molar-refractivity contribution in [1.82, 2.24) is 10.2 Å². The van der Waals surface area contributed by atoms with Gasteiger partial charge in [0.05, 0.1) is 0 Å². The van der Waals surface area contributed by atoms with Gasteiger partial charge in [0.2, 0.25) is 11.8 Å². The van der Waals surface area contributed by atoms with Crippen LogP contribution in [0.25, 0.3) is 0 Å². The van der Waals surface area contributed by atoms with E-state index in [1.807, 2.05) is 45.0 Å². The molecule has 0 aromatic heterocycles. The van der Waals surface area contributed by atoms with Gasteiger partial charge >= 0.3 is 0 Å². The van der Waals surface area contributed by atoms with E-state index in [1.54, 1.807) is 4.90 Å². The molecule has 1 aromatic rings. The standard InChI is InChI=1S/C18H27N3O2/c1-4-12(2)18(23)21-11-15-8-6-5-7-14(15)9-16(21)17(22)20-13(3)10-19/h5-8,12-13,16H,4,9-11,19H2,1-3H3,(H,20,22)/t12?,13-,16?/m0/s1. The molecular weight excluding hydrogens is 290 g/mol. The van der Waals surface area contributed by atoms with Crippen molar-refractivity contribution < 1.29 is 9.59 Å². The third-order valence-electron chi connectivity index (χ3n) is 4.61. The number of fused-ring (bicyclic) bond motifs is 1. The van der Waals surface area contributed by atoms with Crippen LogP contribution in [0.4, 0.5) is 0 Å². The number of nitrogens with zero attached hydrogens (tertiary/aromatic N) is 1. The molecule has 0 spiro atoms. The minimum atomic E-state index is -0.458. The summed E-state index contributed by atoms with van der Waals surface area (Å²) in [5.41, 5.74) is 7.86. The number of nitrogens with two attached hydrogens (primary N) is 1. The normalized spacial score (nSPS) is 19.7. The second kappa shape index (κ2) is 7.59. The lowest BCUT2D eigenvalue weighted by molar-refractivity contribution is -0.145. The molecule has 126 valence electrons. The molecule has 0 saturated carbocycles. The van der Waals surface area contributed by atoms with Gasteiger partial charge < -0.3 is 16.0 Å². The first-order valence-corrected chi connectivity index (χ1v) is 8.35. The molecular formula is C18H27N3O2. The number of nitrogens with one attached hydrogen (secondary N) is 1. The maximum absolute atomic E-state index is 12.7. The highest BCUT2D eigenvalue weighted by Crippen LogP contribution is 2.25. The molecule has 5 nitrogen and oxygen atoms in total. The highest BCUT2D eigenvalue weighted by atomic mass is 16.2. The Labute approximate surface area is 138 Å². The molecule has 3 atom stereocenters. The van der Waals surface area contributed by atoms with Crippen molar-refractivity contribution in [3.8, 4) is 0 Å². The maximum atomic E-state index is 12.7. The van der Waals surface area contributed by atoms with Crippen molar-refractivity contribution in [2.75, 3.05) is 6.54 Å². The van der Waals surface area contributed by atoms with Crippen LogP contribution in [0.15, 0.2) is 24.3 Å². The van der Waals surface area contributed by atoms with E-state index in [0.717, 1.165) is 17.5 Å². The first-order valence-electron chi connectivity index (χ1n) is 8.35. The molecule has 0 aliphatic carbocycles. The quantitative estimate of drug-likeness (QED) is 0.863. The highest BCUT2D eigenvalue weighted by Gasteiger charge is 2.36. The average molecular weight is 317 g/mol. The fourth-order valence-corrected chi connectivity index (χ4v) is 2.84. The van der Waals surface area contributed by atoms with Crippen LogP contribution in [-0.4, -0.2) is 35.3 Å². The Kier molecular flexibility index (Phi) is 5.77. The number of carbonyl (C=O) groups excluding carboxylic acids is 2. The van der Waals surface area contributed by atoms with E-state index in [0.29, 0.717) is 19.5 Å². The van der Waals surface area contributed by atoms with Gasteiger partial charge in [0.15, 0.2) is 0 Å². The second-order valence-electron chi connectivity index (χ2n) is 6.41. The predicted molar refractivity (Wildman–Crippen MR) is 90.6 cm³/mol. The van der Waals surface area contributed by atoms with Crippen LogP contribution in [0, 0.1) is 5.92 Å². The molecule has 1 aromatic carbocycles.